The zero-order valence-electron chi connectivity index (χ0n) is 16.8. The van der Waals surface area contributed by atoms with Gasteiger partial charge < -0.3 is 9.88 Å². The lowest BCUT2D eigenvalue weighted by Crippen LogP contribution is -2.48. The lowest BCUT2D eigenvalue weighted by molar-refractivity contribution is 0.0854. The monoisotopic (exact) mass is 410 g/mol. The summed E-state index contributed by atoms with van der Waals surface area (Å²) in [5, 5.41) is 1.36. The van der Waals surface area contributed by atoms with Crippen LogP contribution in [0.15, 0.2) is 53.6 Å². The smallest absolute Gasteiger partial charge is 0.296 e. The maximum Gasteiger partial charge on any atom is 0.296 e. The van der Waals surface area contributed by atoms with Gasteiger partial charge in [-0.3, -0.25) is 4.18 Å². The van der Waals surface area contributed by atoms with E-state index in [0.717, 1.165) is 24.9 Å². The zero-order valence-corrected chi connectivity index (χ0v) is 17.6. The number of benzene rings is 2. The van der Waals surface area contributed by atoms with E-state index in [1.54, 1.807) is 24.3 Å². The number of nitrogens with zero attached hydrogens (tertiary/aromatic N) is 1. The number of nitrogens with one attached hydrogen (secondary N) is 1. The van der Waals surface area contributed by atoms with E-state index in [1.807, 2.05) is 6.92 Å². The summed E-state index contributed by atoms with van der Waals surface area (Å²) in [6, 6.07) is 13.8. The molecular weight excluding hydrogens is 384 g/mol. The number of H-pyrrole nitrogens is 1. The number of aromatic amines is 1. The fourth-order valence-electron chi connectivity index (χ4n) is 5.13. The third kappa shape index (κ3) is 3.29. The number of piperidine rings is 1. The van der Waals surface area contributed by atoms with Crippen LogP contribution in [-0.4, -0.2) is 44.5 Å². The van der Waals surface area contributed by atoms with Crippen LogP contribution < -0.4 is 0 Å². The topological polar surface area (TPSA) is 62.4 Å². The molecule has 2 heterocycles. The largest absolute Gasteiger partial charge is 0.361 e. The van der Waals surface area contributed by atoms with Crippen molar-refractivity contribution in [3.05, 3.63) is 65.4 Å². The van der Waals surface area contributed by atoms with E-state index in [0.29, 0.717) is 12.0 Å². The molecule has 6 heteroatoms. The third-order valence-electron chi connectivity index (χ3n) is 6.58. The van der Waals surface area contributed by atoms with Crippen molar-refractivity contribution in [3.63, 3.8) is 0 Å². The van der Waals surface area contributed by atoms with E-state index in [1.165, 1.54) is 22.0 Å². The van der Waals surface area contributed by atoms with Crippen LogP contribution in [0.3, 0.4) is 0 Å². The van der Waals surface area contributed by atoms with Crippen LogP contribution >= 0.6 is 0 Å². The van der Waals surface area contributed by atoms with Crippen molar-refractivity contribution < 1.29 is 12.6 Å². The Morgan fingerprint density at radius 3 is 2.76 bits per heavy atom. The Morgan fingerprint density at radius 1 is 1.17 bits per heavy atom. The molecule has 1 saturated heterocycles. The number of likely N-dealkylation sites (N-methyl/N-ethyl adjacent to an activating group) is 1. The summed E-state index contributed by atoms with van der Waals surface area (Å²) in [5.74, 6) is 0.577. The van der Waals surface area contributed by atoms with Gasteiger partial charge in [0, 0.05) is 35.6 Å². The molecule has 1 aliphatic heterocycles. The van der Waals surface area contributed by atoms with Crippen LogP contribution in [0.1, 0.15) is 29.0 Å². The molecule has 0 spiro atoms. The van der Waals surface area contributed by atoms with Gasteiger partial charge in [-0.15, -0.1) is 0 Å². The Bertz CT molecular complexity index is 1150. The molecule has 1 aromatic heterocycles. The van der Waals surface area contributed by atoms with Crippen molar-refractivity contribution >= 4 is 21.0 Å². The van der Waals surface area contributed by atoms with Gasteiger partial charge in [-0.05, 0) is 62.1 Å². The molecule has 1 fully saturated rings. The molecule has 1 aliphatic carbocycles. The summed E-state index contributed by atoms with van der Waals surface area (Å²) in [4.78, 5) is 6.01. The second-order valence-electron chi connectivity index (χ2n) is 8.55. The van der Waals surface area contributed by atoms with Crippen LogP contribution in [0.2, 0.25) is 0 Å². The van der Waals surface area contributed by atoms with Gasteiger partial charge in [-0.2, -0.15) is 8.42 Å². The van der Waals surface area contributed by atoms with Crippen LogP contribution in [-0.2, 0) is 20.7 Å². The molecule has 3 aromatic rings. The zero-order chi connectivity index (χ0) is 20.2. The molecule has 5 nitrogen and oxygen atoms in total. The molecule has 3 atom stereocenters. The summed E-state index contributed by atoms with van der Waals surface area (Å²) in [6.45, 7) is 3.01. The first kappa shape index (κ1) is 18.9. The molecule has 2 aromatic carbocycles. The van der Waals surface area contributed by atoms with E-state index in [-0.39, 0.29) is 17.4 Å². The highest BCUT2D eigenvalue weighted by Gasteiger charge is 2.39. The number of aryl methyl sites for hydroxylation is 1. The van der Waals surface area contributed by atoms with Crippen LogP contribution in [0, 0.1) is 12.8 Å². The lowest BCUT2D eigenvalue weighted by Gasteiger charge is -2.45. The third-order valence-corrected chi connectivity index (χ3v) is 7.88. The first-order chi connectivity index (χ1) is 13.9. The molecule has 0 bridgehead atoms. The Hall–Kier alpha value is -2.15. The number of fused-ring (bicyclic) bond motifs is 2. The summed E-state index contributed by atoms with van der Waals surface area (Å²) < 4.78 is 30.7. The van der Waals surface area contributed by atoms with Crippen LogP contribution in [0.4, 0.5) is 0 Å². The van der Waals surface area contributed by atoms with Gasteiger partial charge >= 0.3 is 0 Å². The van der Waals surface area contributed by atoms with Gasteiger partial charge in [0.1, 0.15) is 0 Å². The van der Waals surface area contributed by atoms with Gasteiger partial charge in [0.15, 0.2) is 0 Å². The van der Waals surface area contributed by atoms with Crippen molar-refractivity contribution in [3.8, 4) is 0 Å². The van der Waals surface area contributed by atoms with E-state index < -0.39 is 10.1 Å². The van der Waals surface area contributed by atoms with Gasteiger partial charge in [0.2, 0.25) is 0 Å². The maximum atomic E-state index is 12.6. The molecular formula is C23H26N2O3S. The molecule has 0 amide bonds. The SMILES string of the molecule is Cc1ccc(S(=O)(=O)OC[C@@H]2CC3c4cccc5[nH]cc(c45)C[C@H]3N(C)C2)cc1. The molecule has 2 aliphatic rings. The normalized spacial score (nSPS) is 24.6. The predicted octanol–water partition coefficient (Wildman–Crippen LogP) is 3.84. The molecule has 5 rings (SSSR count). The minimum absolute atomic E-state index is 0.178. The van der Waals surface area contributed by atoms with E-state index >= 15 is 0 Å². The van der Waals surface area contributed by atoms with Crippen LogP contribution in [0.25, 0.3) is 10.9 Å². The fourth-order valence-corrected chi connectivity index (χ4v) is 6.11. The van der Waals surface area contributed by atoms with Crippen molar-refractivity contribution in [1.29, 1.82) is 0 Å². The summed E-state index contributed by atoms with van der Waals surface area (Å²) in [5.41, 5.74) is 4.99. The van der Waals surface area contributed by atoms with Crippen molar-refractivity contribution in [1.82, 2.24) is 9.88 Å². The van der Waals surface area contributed by atoms with E-state index in [9.17, 15) is 8.42 Å². The Kier molecular flexibility index (Phi) is 4.53. The predicted molar refractivity (Wildman–Crippen MR) is 114 cm³/mol. The van der Waals surface area contributed by atoms with Crippen LogP contribution in [0.5, 0.6) is 0 Å². The van der Waals surface area contributed by atoms with Gasteiger partial charge in [-0.25, -0.2) is 0 Å². The van der Waals surface area contributed by atoms with Crippen molar-refractivity contribution in [2.24, 2.45) is 5.92 Å². The maximum absolute atomic E-state index is 12.6. The van der Waals surface area contributed by atoms with Crippen molar-refractivity contribution in [2.45, 2.75) is 36.6 Å². The highest BCUT2D eigenvalue weighted by molar-refractivity contribution is 7.86. The second-order valence-corrected chi connectivity index (χ2v) is 10.2. The van der Waals surface area contributed by atoms with Gasteiger partial charge in [0.05, 0.1) is 11.5 Å². The van der Waals surface area contributed by atoms with Gasteiger partial charge in [0.25, 0.3) is 10.1 Å². The average molecular weight is 411 g/mol. The highest BCUT2D eigenvalue weighted by atomic mass is 32.2. The fraction of sp³-hybridized carbons (Fsp3) is 0.391. The summed E-state index contributed by atoms with van der Waals surface area (Å²) >= 11 is 0. The Morgan fingerprint density at radius 2 is 1.97 bits per heavy atom. The summed E-state index contributed by atoms with van der Waals surface area (Å²) in [6.07, 6.45) is 4.12. The molecule has 0 saturated carbocycles. The first-order valence-electron chi connectivity index (χ1n) is 10.2. The van der Waals surface area contributed by atoms with Crippen molar-refractivity contribution in [2.75, 3.05) is 20.2 Å². The summed E-state index contributed by atoms with van der Waals surface area (Å²) in [7, 11) is -1.58. The van der Waals surface area contributed by atoms with E-state index in [4.69, 9.17) is 4.18 Å². The Labute approximate surface area is 171 Å². The molecule has 29 heavy (non-hydrogen) atoms. The number of hydrogen-bond donors (Lipinski definition) is 1. The van der Waals surface area contributed by atoms with Gasteiger partial charge in [-0.1, -0.05) is 29.8 Å². The Balaban J connectivity index is 1.36. The number of aromatic nitrogens is 1. The number of hydrogen-bond acceptors (Lipinski definition) is 4. The number of rotatable bonds is 4. The minimum Gasteiger partial charge on any atom is -0.361 e. The average Bonchev–Trinajstić information content (AvgIpc) is 3.12. The first-order valence-corrected chi connectivity index (χ1v) is 11.6. The lowest BCUT2D eigenvalue weighted by atomic mass is 9.72. The quantitative estimate of drug-likeness (QED) is 0.664. The molecule has 152 valence electrons. The molecule has 1 unspecified atom stereocenters. The minimum atomic E-state index is -3.73. The molecule has 1 N–H and O–H groups in total. The molecule has 0 radical (unpaired) electrons. The standard InChI is InChI=1S/C23H26N2O3S/c1-15-6-8-18(9-7-15)29(26,27)28-14-16-10-20-19-4-3-5-21-23(19)17(12-24-21)11-22(20)25(2)13-16/h3-9,12,16,20,22,24H,10-11,13-14H2,1-2H3/t16-,20?,22-/m1/s1. The van der Waals surface area contributed by atoms with E-state index in [2.05, 4.69) is 41.3 Å². The highest BCUT2D eigenvalue weighted by Crippen LogP contribution is 2.44. The second kappa shape index (κ2) is 6.97. The number of likely N-dealkylation sites (tertiary alicyclic amines) is 1.